The molecule has 1 fully saturated rings. The van der Waals surface area contributed by atoms with Gasteiger partial charge in [0.2, 0.25) is 0 Å². The molecule has 0 saturated heterocycles. The molecule has 0 bridgehead atoms. The summed E-state index contributed by atoms with van der Waals surface area (Å²) >= 11 is 0. The maximum atomic E-state index is 12.2. The van der Waals surface area contributed by atoms with Gasteiger partial charge in [0.25, 0.3) is 0 Å². The van der Waals surface area contributed by atoms with Gasteiger partial charge in [-0.2, -0.15) is 0 Å². The summed E-state index contributed by atoms with van der Waals surface area (Å²) < 4.78 is 0. The van der Waals surface area contributed by atoms with E-state index >= 15 is 0 Å². The standard InChI is InChI=1S/C13H25NO/c1-4-13(2,3)12(15)11-7-5-10(9-14)6-8-11/h10-11H,4-9,14H2,1-3H3. The number of rotatable bonds is 4. The van der Waals surface area contributed by atoms with Crippen molar-refractivity contribution in [3.8, 4) is 0 Å². The summed E-state index contributed by atoms with van der Waals surface area (Å²) in [5.74, 6) is 1.45. The smallest absolute Gasteiger partial charge is 0.141 e. The summed E-state index contributed by atoms with van der Waals surface area (Å²) in [6.07, 6.45) is 5.36. The lowest BCUT2D eigenvalue weighted by molar-refractivity contribution is -0.132. The summed E-state index contributed by atoms with van der Waals surface area (Å²) in [7, 11) is 0. The second-order valence-corrected chi connectivity index (χ2v) is 5.56. The minimum atomic E-state index is -0.125. The molecule has 1 aliphatic carbocycles. The molecule has 0 aromatic rings. The van der Waals surface area contributed by atoms with Gasteiger partial charge in [-0.05, 0) is 44.6 Å². The summed E-state index contributed by atoms with van der Waals surface area (Å²) in [5.41, 5.74) is 5.53. The highest BCUT2D eigenvalue weighted by atomic mass is 16.1. The van der Waals surface area contributed by atoms with Crippen molar-refractivity contribution in [2.45, 2.75) is 52.9 Å². The molecule has 0 amide bonds. The van der Waals surface area contributed by atoms with E-state index < -0.39 is 0 Å². The van der Waals surface area contributed by atoms with Gasteiger partial charge in [-0.25, -0.2) is 0 Å². The molecule has 0 atom stereocenters. The molecule has 1 rings (SSSR count). The summed E-state index contributed by atoms with van der Waals surface area (Å²) in [4.78, 5) is 12.2. The first-order valence-electron chi connectivity index (χ1n) is 6.25. The number of Topliss-reactive ketones (excluding diaryl/α,β-unsaturated/α-hetero) is 1. The number of carbonyl (C=O) groups is 1. The molecule has 0 aliphatic heterocycles. The van der Waals surface area contributed by atoms with E-state index in [0.29, 0.717) is 17.6 Å². The van der Waals surface area contributed by atoms with Gasteiger partial charge in [-0.1, -0.05) is 20.8 Å². The predicted molar refractivity (Wildman–Crippen MR) is 63.6 cm³/mol. The average molecular weight is 211 g/mol. The lowest BCUT2D eigenvalue weighted by atomic mass is 9.72. The highest BCUT2D eigenvalue weighted by Gasteiger charge is 2.34. The van der Waals surface area contributed by atoms with Crippen molar-refractivity contribution < 1.29 is 4.79 Å². The topological polar surface area (TPSA) is 43.1 Å². The van der Waals surface area contributed by atoms with Crippen LogP contribution < -0.4 is 5.73 Å². The Bertz CT molecular complexity index is 215. The molecule has 1 saturated carbocycles. The maximum absolute atomic E-state index is 12.2. The molecule has 0 aromatic carbocycles. The van der Waals surface area contributed by atoms with Gasteiger partial charge in [0.05, 0.1) is 0 Å². The van der Waals surface area contributed by atoms with Crippen LogP contribution in [0.25, 0.3) is 0 Å². The van der Waals surface area contributed by atoms with E-state index in [4.69, 9.17) is 5.73 Å². The first-order valence-corrected chi connectivity index (χ1v) is 6.25. The number of hydrogen-bond donors (Lipinski definition) is 1. The van der Waals surface area contributed by atoms with Crippen LogP contribution in [0.5, 0.6) is 0 Å². The van der Waals surface area contributed by atoms with Crippen molar-refractivity contribution >= 4 is 5.78 Å². The molecular weight excluding hydrogens is 186 g/mol. The Morgan fingerprint density at radius 2 is 1.80 bits per heavy atom. The number of carbonyl (C=O) groups excluding carboxylic acids is 1. The molecule has 2 N–H and O–H groups in total. The van der Waals surface area contributed by atoms with Crippen molar-refractivity contribution in [2.75, 3.05) is 6.54 Å². The van der Waals surface area contributed by atoms with Gasteiger partial charge >= 0.3 is 0 Å². The van der Waals surface area contributed by atoms with Gasteiger partial charge in [0.1, 0.15) is 5.78 Å². The van der Waals surface area contributed by atoms with Crippen LogP contribution >= 0.6 is 0 Å². The van der Waals surface area contributed by atoms with Crippen LogP contribution in [0.1, 0.15) is 52.9 Å². The molecule has 88 valence electrons. The van der Waals surface area contributed by atoms with Gasteiger partial charge in [-0.3, -0.25) is 4.79 Å². The van der Waals surface area contributed by atoms with Crippen LogP contribution in [0, 0.1) is 17.3 Å². The zero-order chi connectivity index (χ0) is 11.5. The largest absolute Gasteiger partial charge is 0.330 e. The Kier molecular flexibility index (Phi) is 4.32. The molecule has 0 unspecified atom stereocenters. The Balaban J connectivity index is 2.50. The Labute approximate surface area is 93.6 Å². The van der Waals surface area contributed by atoms with Gasteiger partial charge < -0.3 is 5.73 Å². The molecule has 1 aliphatic rings. The summed E-state index contributed by atoms with van der Waals surface area (Å²) in [6.45, 7) is 7.04. The van der Waals surface area contributed by atoms with Crippen LogP contribution in [-0.2, 0) is 4.79 Å². The van der Waals surface area contributed by atoms with E-state index in [1.54, 1.807) is 0 Å². The molecule has 15 heavy (non-hydrogen) atoms. The predicted octanol–water partition coefficient (Wildman–Crippen LogP) is 2.76. The fourth-order valence-corrected chi connectivity index (χ4v) is 2.39. The molecule has 0 radical (unpaired) electrons. The van der Waals surface area contributed by atoms with Gasteiger partial charge in [-0.15, -0.1) is 0 Å². The third-order valence-electron chi connectivity index (χ3n) is 4.10. The molecule has 0 heterocycles. The zero-order valence-corrected chi connectivity index (χ0v) is 10.4. The van der Waals surface area contributed by atoms with Crippen LogP contribution in [-0.4, -0.2) is 12.3 Å². The second kappa shape index (κ2) is 5.11. The normalized spacial score (nSPS) is 27.7. The number of ketones is 1. The first kappa shape index (κ1) is 12.7. The monoisotopic (exact) mass is 211 g/mol. The van der Waals surface area contributed by atoms with E-state index in [1.807, 2.05) is 0 Å². The van der Waals surface area contributed by atoms with E-state index in [2.05, 4.69) is 20.8 Å². The van der Waals surface area contributed by atoms with Crippen molar-refractivity contribution in [3.63, 3.8) is 0 Å². The third-order valence-corrected chi connectivity index (χ3v) is 4.10. The third kappa shape index (κ3) is 3.04. The van der Waals surface area contributed by atoms with E-state index in [9.17, 15) is 4.79 Å². The lowest BCUT2D eigenvalue weighted by Gasteiger charge is -2.32. The highest BCUT2D eigenvalue weighted by Crippen LogP contribution is 2.35. The van der Waals surface area contributed by atoms with E-state index in [1.165, 1.54) is 0 Å². The van der Waals surface area contributed by atoms with Crippen LogP contribution in [0.15, 0.2) is 0 Å². The van der Waals surface area contributed by atoms with Gasteiger partial charge in [0.15, 0.2) is 0 Å². The summed E-state index contributed by atoms with van der Waals surface area (Å²) in [5, 5.41) is 0. The van der Waals surface area contributed by atoms with Crippen molar-refractivity contribution in [1.82, 2.24) is 0 Å². The van der Waals surface area contributed by atoms with E-state index in [-0.39, 0.29) is 5.41 Å². The molecular formula is C13H25NO. The van der Waals surface area contributed by atoms with Crippen LogP contribution in [0.2, 0.25) is 0 Å². The molecule has 0 aromatic heterocycles. The van der Waals surface area contributed by atoms with Crippen molar-refractivity contribution in [3.05, 3.63) is 0 Å². The SMILES string of the molecule is CCC(C)(C)C(=O)C1CCC(CN)CC1. The molecule has 0 spiro atoms. The quantitative estimate of drug-likeness (QED) is 0.777. The lowest BCUT2D eigenvalue weighted by Crippen LogP contribution is -2.34. The average Bonchev–Trinajstić information content (AvgIpc) is 2.28. The van der Waals surface area contributed by atoms with E-state index in [0.717, 1.165) is 38.6 Å². The first-order chi connectivity index (χ1) is 7.01. The Hall–Kier alpha value is -0.370. The van der Waals surface area contributed by atoms with Crippen LogP contribution in [0.4, 0.5) is 0 Å². The Morgan fingerprint density at radius 1 is 1.27 bits per heavy atom. The fraction of sp³-hybridized carbons (Fsp3) is 0.923. The molecule has 2 heteroatoms. The summed E-state index contributed by atoms with van der Waals surface area (Å²) in [6, 6.07) is 0. The Morgan fingerprint density at radius 3 is 2.20 bits per heavy atom. The van der Waals surface area contributed by atoms with Crippen molar-refractivity contribution in [1.29, 1.82) is 0 Å². The number of nitrogens with two attached hydrogens (primary N) is 1. The zero-order valence-electron chi connectivity index (χ0n) is 10.4. The fourth-order valence-electron chi connectivity index (χ4n) is 2.39. The molecule has 2 nitrogen and oxygen atoms in total. The van der Waals surface area contributed by atoms with Gasteiger partial charge in [0, 0.05) is 11.3 Å². The van der Waals surface area contributed by atoms with Crippen molar-refractivity contribution in [2.24, 2.45) is 23.0 Å². The second-order valence-electron chi connectivity index (χ2n) is 5.56. The number of hydrogen-bond acceptors (Lipinski definition) is 2. The van der Waals surface area contributed by atoms with Crippen LogP contribution in [0.3, 0.4) is 0 Å². The minimum absolute atomic E-state index is 0.125. The maximum Gasteiger partial charge on any atom is 0.141 e. The minimum Gasteiger partial charge on any atom is -0.330 e. The highest BCUT2D eigenvalue weighted by molar-refractivity contribution is 5.86.